The quantitative estimate of drug-likeness (QED) is 0.666. The summed E-state index contributed by atoms with van der Waals surface area (Å²) in [7, 11) is 0. The maximum absolute atomic E-state index is 12.7. The predicted octanol–water partition coefficient (Wildman–Crippen LogP) is 3.92. The Kier molecular flexibility index (Phi) is 6.22. The second-order valence-electron chi connectivity index (χ2n) is 7.26. The molecule has 7 heteroatoms. The highest BCUT2D eigenvalue weighted by Crippen LogP contribution is 2.22. The maximum Gasteiger partial charge on any atom is 0.246 e. The van der Waals surface area contributed by atoms with Gasteiger partial charge in [0.25, 0.3) is 0 Å². The summed E-state index contributed by atoms with van der Waals surface area (Å²) in [6, 6.07) is 17.5. The Bertz CT molecular complexity index is 960. The first kappa shape index (κ1) is 19.6. The van der Waals surface area contributed by atoms with Crippen molar-refractivity contribution < 1.29 is 9.32 Å². The van der Waals surface area contributed by atoms with Crippen LogP contribution in [0.5, 0.6) is 0 Å². The highest BCUT2D eigenvalue weighted by atomic mass is 35.5. The molecule has 1 aliphatic rings. The number of carbonyl (C=O) groups excluding carboxylic acids is 1. The molecule has 4 rings (SSSR count). The Labute approximate surface area is 174 Å². The van der Waals surface area contributed by atoms with Crippen LogP contribution in [-0.2, 0) is 17.9 Å². The van der Waals surface area contributed by atoms with Gasteiger partial charge in [-0.2, -0.15) is 4.98 Å². The molecule has 1 amide bonds. The van der Waals surface area contributed by atoms with Crippen LogP contribution in [0.25, 0.3) is 11.4 Å². The molecular weight excluding hydrogens is 388 g/mol. The molecule has 1 saturated heterocycles. The van der Waals surface area contributed by atoms with Crippen LogP contribution >= 0.6 is 11.6 Å². The van der Waals surface area contributed by atoms with E-state index in [9.17, 15) is 4.79 Å². The number of amides is 1. The molecule has 1 fully saturated rings. The maximum atomic E-state index is 12.7. The van der Waals surface area contributed by atoms with Gasteiger partial charge in [-0.25, -0.2) is 0 Å². The molecule has 1 aliphatic heterocycles. The second kappa shape index (κ2) is 9.20. The lowest BCUT2D eigenvalue weighted by molar-refractivity contribution is -0.127. The van der Waals surface area contributed by atoms with Gasteiger partial charge in [0.1, 0.15) is 0 Å². The molecule has 1 N–H and O–H groups in total. The molecule has 0 bridgehead atoms. The average molecular weight is 411 g/mol. The van der Waals surface area contributed by atoms with Gasteiger partial charge < -0.3 is 9.84 Å². The van der Waals surface area contributed by atoms with E-state index >= 15 is 0 Å². The van der Waals surface area contributed by atoms with Crippen molar-refractivity contribution in [1.82, 2.24) is 20.4 Å². The van der Waals surface area contributed by atoms with Gasteiger partial charge >= 0.3 is 0 Å². The Morgan fingerprint density at radius 3 is 2.79 bits per heavy atom. The van der Waals surface area contributed by atoms with E-state index in [1.165, 1.54) is 0 Å². The smallest absolute Gasteiger partial charge is 0.246 e. The molecule has 6 nitrogen and oxygen atoms in total. The van der Waals surface area contributed by atoms with Crippen molar-refractivity contribution in [3.05, 3.63) is 71.1 Å². The van der Waals surface area contributed by atoms with E-state index in [1.54, 1.807) is 0 Å². The zero-order valence-electron chi connectivity index (χ0n) is 16.1. The van der Waals surface area contributed by atoms with Crippen molar-refractivity contribution >= 4 is 17.5 Å². The van der Waals surface area contributed by atoms with Gasteiger partial charge in [0.2, 0.25) is 17.6 Å². The molecule has 2 heterocycles. The van der Waals surface area contributed by atoms with Gasteiger partial charge in [-0.1, -0.05) is 65.3 Å². The Morgan fingerprint density at radius 1 is 1.17 bits per heavy atom. The number of rotatable bonds is 6. The first-order valence-electron chi connectivity index (χ1n) is 9.80. The lowest BCUT2D eigenvalue weighted by Gasteiger charge is -2.32. The summed E-state index contributed by atoms with van der Waals surface area (Å²) >= 11 is 6.28. The zero-order valence-corrected chi connectivity index (χ0v) is 16.8. The molecule has 2 aromatic carbocycles. The van der Waals surface area contributed by atoms with Crippen LogP contribution in [-0.4, -0.2) is 34.0 Å². The van der Waals surface area contributed by atoms with Crippen LogP contribution in [0.2, 0.25) is 5.02 Å². The topological polar surface area (TPSA) is 71.3 Å². The summed E-state index contributed by atoms with van der Waals surface area (Å²) in [6.45, 7) is 2.68. The van der Waals surface area contributed by atoms with Crippen LogP contribution in [0.3, 0.4) is 0 Å². The number of aromatic nitrogens is 2. The number of hydrogen-bond acceptors (Lipinski definition) is 5. The number of piperidine rings is 1. The fourth-order valence-electron chi connectivity index (χ4n) is 3.62. The molecule has 150 valence electrons. The van der Waals surface area contributed by atoms with Crippen LogP contribution in [0.1, 0.15) is 24.3 Å². The van der Waals surface area contributed by atoms with Gasteiger partial charge in [0.15, 0.2) is 0 Å². The molecular formula is C22H23ClN4O2. The third-order valence-corrected chi connectivity index (χ3v) is 5.51. The number of hydrogen-bond donors (Lipinski definition) is 1. The normalized spacial score (nSPS) is 17.2. The standard InChI is InChI=1S/C22H23ClN4O2/c23-19-11-5-4-9-17(19)14-27-12-6-10-18(15-27)22(28)24-13-20-25-21(26-29-20)16-7-2-1-3-8-16/h1-5,7-9,11,18H,6,10,12-15H2,(H,24,28)/t18-/m0/s1. The van der Waals surface area contributed by atoms with Gasteiger partial charge in [0, 0.05) is 23.7 Å². The monoisotopic (exact) mass is 410 g/mol. The fraction of sp³-hybridized carbons (Fsp3) is 0.318. The Morgan fingerprint density at radius 2 is 1.97 bits per heavy atom. The van der Waals surface area contributed by atoms with Crippen molar-refractivity contribution in [3.63, 3.8) is 0 Å². The highest BCUT2D eigenvalue weighted by Gasteiger charge is 2.26. The van der Waals surface area contributed by atoms with Crippen LogP contribution in [0.4, 0.5) is 0 Å². The van der Waals surface area contributed by atoms with E-state index < -0.39 is 0 Å². The number of likely N-dealkylation sites (tertiary alicyclic amines) is 1. The Balaban J connectivity index is 1.30. The number of benzene rings is 2. The number of nitrogens with one attached hydrogen (secondary N) is 1. The van der Waals surface area contributed by atoms with Gasteiger partial charge in [-0.15, -0.1) is 0 Å². The number of carbonyl (C=O) groups is 1. The minimum atomic E-state index is -0.0530. The lowest BCUT2D eigenvalue weighted by atomic mass is 9.96. The molecule has 0 spiro atoms. The molecule has 0 unspecified atom stereocenters. The van der Waals surface area contributed by atoms with Crippen molar-refractivity contribution in [1.29, 1.82) is 0 Å². The molecule has 3 aromatic rings. The van der Waals surface area contributed by atoms with Gasteiger partial charge in [0.05, 0.1) is 12.5 Å². The summed E-state index contributed by atoms with van der Waals surface area (Å²) < 4.78 is 5.27. The first-order valence-corrected chi connectivity index (χ1v) is 10.2. The van der Waals surface area contributed by atoms with Gasteiger partial charge in [-0.3, -0.25) is 9.69 Å². The summed E-state index contributed by atoms with van der Waals surface area (Å²) in [4.78, 5) is 19.3. The molecule has 1 atom stereocenters. The molecule has 29 heavy (non-hydrogen) atoms. The fourth-order valence-corrected chi connectivity index (χ4v) is 3.81. The van der Waals surface area contributed by atoms with Crippen molar-refractivity contribution in [2.75, 3.05) is 13.1 Å². The van der Waals surface area contributed by atoms with Crippen molar-refractivity contribution in [2.24, 2.45) is 5.92 Å². The lowest BCUT2D eigenvalue weighted by Crippen LogP contribution is -2.42. The van der Waals surface area contributed by atoms with E-state index in [0.29, 0.717) is 11.7 Å². The average Bonchev–Trinajstić information content (AvgIpc) is 3.24. The summed E-state index contributed by atoms with van der Waals surface area (Å²) in [5.74, 6) is 0.899. The minimum Gasteiger partial charge on any atom is -0.347 e. The highest BCUT2D eigenvalue weighted by molar-refractivity contribution is 6.31. The predicted molar refractivity (Wildman–Crippen MR) is 111 cm³/mol. The van der Waals surface area contributed by atoms with Crippen LogP contribution in [0, 0.1) is 5.92 Å². The second-order valence-corrected chi connectivity index (χ2v) is 7.67. The Hall–Kier alpha value is -2.70. The van der Waals surface area contributed by atoms with Crippen molar-refractivity contribution in [3.8, 4) is 11.4 Å². The first-order chi connectivity index (χ1) is 14.2. The minimum absolute atomic E-state index is 0.0216. The van der Waals surface area contributed by atoms with E-state index in [2.05, 4.69) is 20.4 Å². The number of halogens is 1. The SMILES string of the molecule is O=C(NCc1nc(-c2ccccc2)no1)[C@H]1CCCN(Cc2ccccc2Cl)C1. The summed E-state index contributed by atoms with van der Waals surface area (Å²) in [5.41, 5.74) is 1.98. The van der Waals surface area contributed by atoms with E-state index in [1.807, 2.05) is 54.6 Å². The molecule has 0 saturated carbocycles. The van der Waals surface area contributed by atoms with E-state index in [0.717, 1.165) is 48.6 Å². The van der Waals surface area contributed by atoms with Crippen LogP contribution in [0.15, 0.2) is 59.1 Å². The molecule has 1 aromatic heterocycles. The molecule has 0 radical (unpaired) electrons. The summed E-state index contributed by atoms with van der Waals surface area (Å²) in [5, 5.41) is 7.70. The third kappa shape index (κ3) is 5.02. The van der Waals surface area contributed by atoms with Crippen LogP contribution < -0.4 is 5.32 Å². The molecule has 0 aliphatic carbocycles. The van der Waals surface area contributed by atoms with Gasteiger partial charge in [-0.05, 0) is 31.0 Å². The van der Waals surface area contributed by atoms with E-state index in [-0.39, 0.29) is 18.4 Å². The summed E-state index contributed by atoms with van der Waals surface area (Å²) in [6.07, 6.45) is 1.87. The number of nitrogens with zero attached hydrogens (tertiary/aromatic N) is 3. The van der Waals surface area contributed by atoms with Crippen molar-refractivity contribution in [2.45, 2.75) is 25.9 Å². The van der Waals surface area contributed by atoms with E-state index in [4.69, 9.17) is 16.1 Å². The zero-order chi connectivity index (χ0) is 20.1. The third-order valence-electron chi connectivity index (χ3n) is 5.14. The largest absolute Gasteiger partial charge is 0.347 e.